The van der Waals surface area contributed by atoms with Crippen molar-refractivity contribution in [3.05, 3.63) is 119 Å². The van der Waals surface area contributed by atoms with Gasteiger partial charge in [-0.3, -0.25) is 19.3 Å². The molecule has 40 heavy (non-hydrogen) atoms. The number of phenols is 2. The van der Waals surface area contributed by atoms with E-state index >= 15 is 0 Å². The van der Waals surface area contributed by atoms with Gasteiger partial charge < -0.3 is 20.3 Å². The lowest BCUT2D eigenvalue weighted by Gasteiger charge is -2.14. The molecule has 0 spiro atoms. The fourth-order valence-corrected chi connectivity index (χ4v) is 4.94. The Kier molecular flexibility index (Phi) is 7.84. The van der Waals surface area contributed by atoms with Gasteiger partial charge in [0.1, 0.15) is 11.5 Å². The Hall–Kier alpha value is -5.02. The average molecular weight is 553 g/mol. The van der Waals surface area contributed by atoms with Gasteiger partial charge in [-0.05, 0) is 71.4 Å². The van der Waals surface area contributed by atoms with E-state index in [9.17, 15) is 24.6 Å². The highest BCUT2D eigenvalue weighted by Crippen LogP contribution is 2.37. The summed E-state index contributed by atoms with van der Waals surface area (Å²) in [6.07, 6.45) is 1.50. The minimum atomic E-state index is -0.509. The zero-order valence-electron chi connectivity index (χ0n) is 21.1. The smallest absolute Gasteiger partial charge is 0.293 e. The predicted octanol–water partition coefficient (Wildman–Crippen LogP) is 6.31. The Labute approximate surface area is 234 Å². The van der Waals surface area contributed by atoms with E-state index in [4.69, 9.17) is 4.74 Å². The molecule has 5 rings (SSSR count). The van der Waals surface area contributed by atoms with Gasteiger partial charge in [0, 0.05) is 11.3 Å². The Morgan fingerprint density at radius 1 is 0.850 bits per heavy atom. The number of carbonyl (C=O) groups is 3. The quantitative estimate of drug-likeness (QED) is 0.173. The fourth-order valence-electron chi connectivity index (χ4n) is 4.11. The van der Waals surface area contributed by atoms with Crippen LogP contribution in [0.3, 0.4) is 0 Å². The van der Waals surface area contributed by atoms with E-state index in [2.05, 4.69) is 5.32 Å². The number of thioether (sulfide) groups is 1. The highest BCUT2D eigenvalue weighted by molar-refractivity contribution is 8.18. The third-order valence-electron chi connectivity index (χ3n) is 6.00. The van der Waals surface area contributed by atoms with Crippen LogP contribution >= 0.6 is 11.8 Å². The molecule has 0 aromatic heterocycles. The molecule has 4 aromatic carbocycles. The third kappa shape index (κ3) is 6.33. The number of phenolic OH excluding ortho intramolecular Hbond substituents is 2. The molecule has 4 aromatic rings. The summed E-state index contributed by atoms with van der Waals surface area (Å²) < 4.78 is 5.85. The van der Waals surface area contributed by atoms with Crippen LogP contribution in [-0.4, -0.2) is 32.2 Å². The van der Waals surface area contributed by atoms with Crippen molar-refractivity contribution in [3.8, 4) is 23.0 Å². The van der Waals surface area contributed by atoms with Crippen LogP contribution in [0.2, 0.25) is 0 Å². The van der Waals surface area contributed by atoms with Crippen LogP contribution in [0.15, 0.2) is 102 Å². The van der Waals surface area contributed by atoms with E-state index in [0.717, 1.165) is 22.2 Å². The number of ether oxygens (including phenoxy) is 1. The maximum Gasteiger partial charge on any atom is 0.293 e. The average Bonchev–Trinajstić information content (AvgIpc) is 3.19. The number of benzene rings is 4. The molecule has 0 aliphatic carbocycles. The number of para-hydroxylation sites is 2. The van der Waals surface area contributed by atoms with E-state index in [1.54, 1.807) is 24.3 Å². The lowest BCUT2D eigenvalue weighted by Crippen LogP contribution is -2.27. The second-order valence-electron chi connectivity index (χ2n) is 8.97. The third-order valence-corrected chi connectivity index (χ3v) is 6.91. The number of hydrogen-bond acceptors (Lipinski definition) is 7. The van der Waals surface area contributed by atoms with Crippen LogP contribution in [0, 0.1) is 0 Å². The van der Waals surface area contributed by atoms with Crippen molar-refractivity contribution in [1.82, 2.24) is 4.90 Å². The summed E-state index contributed by atoms with van der Waals surface area (Å²) >= 11 is 0.754. The van der Waals surface area contributed by atoms with Crippen molar-refractivity contribution in [1.29, 1.82) is 0 Å². The van der Waals surface area contributed by atoms with Gasteiger partial charge in [0.15, 0.2) is 11.5 Å². The standard InChI is InChI=1S/C31H24N2O6S/c34-26-14-6-9-22(29(26)36)18-27-30(37)33(31(38)40-27)19-21-8-4-10-23(15-21)32-28(35)17-20-7-5-13-25(16-20)39-24-11-2-1-3-12-24/h1-16,18,34,36H,17,19H2,(H,32,35)/b27-18-. The van der Waals surface area contributed by atoms with E-state index in [-0.39, 0.29) is 40.8 Å². The molecular weight excluding hydrogens is 528 g/mol. The number of amides is 3. The van der Waals surface area contributed by atoms with Crippen molar-refractivity contribution < 1.29 is 29.3 Å². The summed E-state index contributed by atoms with van der Waals surface area (Å²) in [6, 6.07) is 28.0. The Balaban J connectivity index is 1.22. The van der Waals surface area contributed by atoms with Crippen LogP contribution in [0.5, 0.6) is 23.0 Å². The van der Waals surface area contributed by atoms with E-state index in [1.165, 1.54) is 24.3 Å². The first-order valence-electron chi connectivity index (χ1n) is 12.3. The van der Waals surface area contributed by atoms with Crippen molar-refractivity contribution in [2.45, 2.75) is 13.0 Å². The summed E-state index contributed by atoms with van der Waals surface area (Å²) in [4.78, 5) is 39.5. The van der Waals surface area contributed by atoms with Gasteiger partial charge in [-0.1, -0.05) is 54.6 Å². The Morgan fingerprint density at radius 2 is 1.57 bits per heavy atom. The lowest BCUT2D eigenvalue weighted by atomic mass is 10.1. The number of aromatic hydroxyl groups is 2. The Bertz CT molecular complexity index is 1620. The van der Waals surface area contributed by atoms with Crippen molar-refractivity contribution >= 4 is 40.6 Å². The maximum atomic E-state index is 12.9. The van der Waals surface area contributed by atoms with Gasteiger partial charge in [-0.25, -0.2) is 0 Å². The zero-order chi connectivity index (χ0) is 28.1. The lowest BCUT2D eigenvalue weighted by molar-refractivity contribution is -0.123. The number of rotatable bonds is 8. The molecule has 3 amide bonds. The Morgan fingerprint density at radius 3 is 2.40 bits per heavy atom. The topological polar surface area (TPSA) is 116 Å². The van der Waals surface area contributed by atoms with E-state index in [1.807, 2.05) is 54.6 Å². The van der Waals surface area contributed by atoms with Crippen LogP contribution in [0.4, 0.5) is 10.5 Å². The summed E-state index contributed by atoms with van der Waals surface area (Å²) in [5.74, 6) is -0.0921. The van der Waals surface area contributed by atoms with E-state index in [0.29, 0.717) is 22.7 Å². The number of imide groups is 1. The fraction of sp³-hybridized carbons (Fsp3) is 0.0645. The van der Waals surface area contributed by atoms with E-state index < -0.39 is 11.1 Å². The first-order valence-corrected chi connectivity index (χ1v) is 13.1. The molecule has 1 aliphatic heterocycles. The van der Waals surface area contributed by atoms with Crippen molar-refractivity contribution in [2.24, 2.45) is 0 Å². The van der Waals surface area contributed by atoms with Gasteiger partial charge in [-0.15, -0.1) is 0 Å². The summed E-state index contributed by atoms with van der Waals surface area (Å²) in [5, 5.41) is 22.1. The first kappa shape index (κ1) is 26.6. The first-order chi connectivity index (χ1) is 19.4. The second-order valence-corrected chi connectivity index (χ2v) is 9.96. The summed E-state index contributed by atoms with van der Waals surface area (Å²) in [6.45, 7) is 0.0105. The zero-order valence-corrected chi connectivity index (χ0v) is 21.9. The molecule has 1 fully saturated rings. The molecule has 1 heterocycles. The highest BCUT2D eigenvalue weighted by atomic mass is 32.2. The number of hydrogen-bond donors (Lipinski definition) is 3. The highest BCUT2D eigenvalue weighted by Gasteiger charge is 2.35. The van der Waals surface area contributed by atoms with Gasteiger partial charge in [0.25, 0.3) is 11.1 Å². The molecule has 1 saturated heterocycles. The maximum absolute atomic E-state index is 12.9. The number of carbonyl (C=O) groups excluding carboxylic acids is 3. The summed E-state index contributed by atoms with van der Waals surface area (Å²) in [5.41, 5.74) is 2.20. The SMILES string of the molecule is O=C(Cc1cccc(Oc2ccccc2)c1)Nc1cccc(CN2C(=O)S/C(=C\c3cccc(O)c3O)C2=O)c1. The molecule has 8 nitrogen and oxygen atoms in total. The van der Waals surface area contributed by atoms with Crippen LogP contribution < -0.4 is 10.1 Å². The molecule has 1 aliphatic rings. The monoisotopic (exact) mass is 552 g/mol. The number of nitrogens with zero attached hydrogens (tertiary/aromatic N) is 1. The van der Waals surface area contributed by atoms with Gasteiger partial charge in [-0.2, -0.15) is 0 Å². The largest absolute Gasteiger partial charge is 0.504 e. The van der Waals surface area contributed by atoms with Crippen molar-refractivity contribution in [3.63, 3.8) is 0 Å². The molecule has 200 valence electrons. The van der Waals surface area contributed by atoms with Gasteiger partial charge in [0.2, 0.25) is 5.91 Å². The number of anilines is 1. The molecule has 3 N–H and O–H groups in total. The molecule has 0 saturated carbocycles. The molecule has 0 atom stereocenters. The minimum absolute atomic E-state index is 0.0105. The number of nitrogens with one attached hydrogen (secondary N) is 1. The van der Waals surface area contributed by atoms with Crippen LogP contribution in [0.1, 0.15) is 16.7 Å². The molecule has 0 radical (unpaired) electrons. The van der Waals surface area contributed by atoms with Crippen LogP contribution in [-0.2, 0) is 22.6 Å². The normalized spacial score (nSPS) is 14.0. The minimum Gasteiger partial charge on any atom is -0.504 e. The van der Waals surface area contributed by atoms with Gasteiger partial charge in [0.05, 0.1) is 17.9 Å². The molecular formula is C31H24N2O6S. The summed E-state index contributed by atoms with van der Waals surface area (Å²) in [7, 11) is 0. The molecule has 0 unspecified atom stereocenters. The van der Waals surface area contributed by atoms with Crippen LogP contribution in [0.25, 0.3) is 6.08 Å². The van der Waals surface area contributed by atoms with Gasteiger partial charge >= 0.3 is 0 Å². The second kappa shape index (κ2) is 11.8. The molecule has 9 heteroatoms. The van der Waals surface area contributed by atoms with Crippen molar-refractivity contribution in [2.75, 3.05) is 5.32 Å². The predicted molar refractivity (Wildman–Crippen MR) is 153 cm³/mol. The molecule has 0 bridgehead atoms.